The van der Waals surface area contributed by atoms with Gasteiger partial charge >= 0.3 is 0 Å². The molecule has 3 nitrogen and oxygen atoms in total. The summed E-state index contributed by atoms with van der Waals surface area (Å²) in [6.45, 7) is 13.7. The van der Waals surface area contributed by atoms with Crippen molar-refractivity contribution in [3.8, 4) is 0 Å². The Morgan fingerprint density at radius 3 is 2.43 bits per heavy atom. The molecule has 2 aromatic carbocycles. The lowest BCUT2D eigenvalue weighted by atomic mass is 9.87. The molecule has 1 aliphatic rings. The lowest BCUT2D eigenvalue weighted by Crippen LogP contribution is -2.45. The summed E-state index contributed by atoms with van der Waals surface area (Å²) in [5.74, 6) is 0.0721. The Morgan fingerprint density at radius 2 is 1.82 bits per heavy atom. The smallest absolute Gasteiger partial charge is 0.159 e. The van der Waals surface area contributed by atoms with E-state index < -0.39 is 0 Å². The average Bonchev–Trinajstić information content (AvgIpc) is 2.63. The lowest BCUT2D eigenvalue weighted by molar-refractivity contribution is 0.101. The molecule has 0 spiro atoms. The zero-order valence-corrected chi connectivity index (χ0v) is 17.8. The SMILES string of the molecule is CCCN1c2cc(C)c(C=Nc3ccc(C(C)=O)cc3)cc2C(C)=CC1(C)C. The summed E-state index contributed by atoms with van der Waals surface area (Å²) in [7, 11) is 0. The van der Waals surface area contributed by atoms with Crippen molar-refractivity contribution in [3.63, 3.8) is 0 Å². The first-order chi connectivity index (χ1) is 13.2. The highest BCUT2D eigenvalue weighted by Gasteiger charge is 2.31. The second kappa shape index (κ2) is 7.75. The maximum absolute atomic E-state index is 11.4. The molecule has 3 heteroatoms. The first-order valence-corrected chi connectivity index (χ1v) is 10.00. The third-order valence-electron chi connectivity index (χ3n) is 5.44. The maximum atomic E-state index is 11.4. The van der Waals surface area contributed by atoms with Crippen LogP contribution in [0.2, 0.25) is 0 Å². The molecule has 0 unspecified atom stereocenters. The number of nitrogens with zero attached hydrogens (tertiary/aromatic N) is 2. The van der Waals surface area contributed by atoms with Crippen LogP contribution in [0, 0.1) is 6.92 Å². The van der Waals surface area contributed by atoms with Gasteiger partial charge in [0, 0.05) is 29.6 Å². The molecule has 0 radical (unpaired) electrons. The van der Waals surface area contributed by atoms with E-state index in [-0.39, 0.29) is 11.3 Å². The molecule has 0 aromatic heterocycles. The van der Waals surface area contributed by atoms with E-state index in [2.05, 4.69) is 62.7 Å². The summed E-state index contributed by atoms with van der Waals surface area (Å²) in [5, 5.41) is 0. The van der Waals surface area contributed by atoms with Gasteiger partial charge in [0.15, 0.2) is 5.78 Å². The quantitative estimate of drug-likeness (QED) is 0.450. The zero-order chi connectivity index (χ0) is 20.5. The minimum absolute atomic E-state index is 0.0214. The molecule has 146 valence electrons. The summed E-state index contributed by atoms with van der Waals surface area (Å²) >= 11 is 0. The van der Waals surface area contributed by atoms with Crippen molar-refractivity contribution < 1.29 is 4.79 Å². The second-order valence-corrected chi connectivity index (χ2v) is 8.22. The van der Waals surface area contributed by atoms with Crippen LogP contribution in [0.5, 0.6) is 0 Å². The number of aryl methyl sites for hydroxylation is 1. The Labute approximate surface area is 168 Å². The van der Waals surface area contributed by atoms with Gasteiger partial charge < -0.3 is 4.90 Å². The van der Waals surface area contributed by atoms with Crippen LogP contribution in [0.3, 0.4) is 0 Å². The number of allylic oxidation sites excluding steroid dienone is 1. The minimum atomic E-state index is 0.0214. The Balaban J connectivity index is 1.96. The average molecular weight is 375 g/mol. The van der Waals surface area contributed by atoms with Gasteiger partial charge in [0.05, 0.1) is 11.2 Å². The van der Waals surface area contributed by atoms with E-state index in [1.165, 1.54) is 22.4 Å². The number of carbonyl (C=O) groups is 1. The first-order valence-electron chi connectivity index (χ1n) is 10.00. The molecule has 0 aliphatic carbocycles. The normalized spacial score (nSPS) is 15.5. The second-order valence-electron chi connectivity index (χ2n) is 8.22. The van der Waals surface area contributed by atoms with Crippen LogP contribution in [-0.2, 0) is 0 Å². The van der Waals surface area contributed by atoms with Crippen molar-refractivity contribution in [1.82, 2.24) is 0 Å². The van der Waals surface area contributed by atoms with Crippen molar-refractivity contribution in [2.24, 2.45) is 4.99 Å². The molecule has 1 aliphatic heterocycles. The number of ketones is 1. The number of fused-ring (bicyclic) bond motifs is 1. The van der Waals surface area contributed by atoms with Gasteiger partial charge in [0.2, 0.25) is 0 Å². The largest absolute Gasteiger partial charge is 0.362 e. The van der Waals surface area contributed by atoms with Gasteiger partial charge in [-0.2, -0.15) is 0 Å². The molecule has 0 saturated carbocycles. The van der Waals surface area contributed by atoms with E-state index in [1.54, 1.807) is 6.92 Å². The van der Waals surface area contributed by atoms with Gasteiger partial charge in [-0.1, -0.05) is 13.0 Å². The zero-order valence-electron chi connectivity index (χ0n) is 17.8. The summed E-state index contributed by atoms with van der Waals surface area (Å²) in [6.07, 6.45) is 5.41. The third kappa shape index (κ3) is 3.94. The molecular weight excluding hydrogens is 344 g/mol. The van der Waals surface area contributed by atoms with Gasteiger partial charge in [-0.15, -0.1) is 0 Å². The Kier molecular flexibility index (Phi) is 5.55. The van der Waals surface area contributed by atoms with E-state index in [9.17, 15) is 4.79 Å². The molecule has 0 saturated heterocycles. The van der Waals surface area contributed by atoms with Gasteiger partial charge in [0.1, 0.15) is 0 Å². The highest BCUT2D eigenvalue weighted by molar-refractivity contribution is 5.94. The maximum Gasteiger partial charge on any atom is 0.159 e. The number of rotatable bonds is 5. The first kappa shape index (κ1) is 20.1. The van der Waals surface area contributed by atoms with E-state index in [4.69, 9.17) is 0 Å². The molecule has 0 amide bonds. The summed E-state index contributed by atoms with van der Waals surface area (Å²) in [5.41, 5.74) is 7.83. The van der Waals surface area contributed by atoms with Gasteiger partial charge in [-0.25, -0.2) is 0 Å². The van der Waals surface area contributed by atoms with Crippen molar-refractivity contribution >= 4 is 28.9 Å². The van der Waals surface area contributed by atoms with Crippen molar-refractivity contribution in [1.29, 1.82) is 0 Å². The molecule has 0 bridgehead atoms. The van der Waals surface area contributed by atoms with Crippen LogP contribution in [-0.4, -0.2) is 24.1 Å². The van der Waals surface area contributed by atoms with E-state index in [0.717, 1.165) is 24.2 Å². The standard InChI is InChI=1S/C25H30N2O/c1-7-12-27-24-13-17(2)21(14-23(24)18(3)15-25(27,5)6)16-26-22-10-8-20(9-11-22)19(4)28/h8-11,13-16H,7,12H2,1-6H3. The number of hydrogen-bond donors (Lipinski definition) is 0. The topological polar surface area (TPSA) is 32.7 Å². The molecule has 0 fully saturated rings. The van der Waals surface area contributed by atoms with Crippen LogP contribution in [0.4, 0.5) is 11.4 Å². The van der Waals surface area contributed by atoms with E-state index in [0.29, 0.717) is 5.56 Å². The van der Waals surface area contributed by atoms with Crippen molar-refractivity contribution in [2.75, 3.05) is 11.4 Å². The van der Waals surface area contributed by atoms with Gasteiger partial charge in [-0.05, 0) is 94.1 Å². The van der Waals surface area contributed by atoms with Crippen LogP contribution < -0.4 is 4.90 Å². The van der Waals surface area contributed by atoms with Crippen LogP contribution >= 0.6 is 0 Å². The molecular formula is C25H30N2O. The predicted octanol–water partition coefficient (Wildman–Crippen LogP) is 6.36. The minimum Gasteiger partial charge on any atom is -0.362 e. The van der Waals surface area contributed by atoms with Crippen molar-refractivity contribution in [2.45, 2.75) is 53.5 Å². The molecule has 1 heterocycles. The number of hydrogen-bond acceptors (Lipinski definition) is 3. The third-order valence-corrected chi connectivity index (χ3v) is 5.44. The Hall–Kier alpha value is -2.68. The Morgan fingerprint density at radius 1 is 1.14 bits per heavy atom. The fourth-order valence-electron chi connectivity index (χ4n) is 3.94. The predicted molar refractivity (Wildman–Crippen MR) is 120 cm³/mol. The van der Waals surface area contributed by atoms with E-state index in [1.807, 2.05) is 30.5 Å². The summed E-state index contributed by atoms with van der Waals surface area (Å²) in [4.78, 5) is 18.5. The van der Waals surface area contributed by atoms with Crippen LogP contribution in [0.1, 0.15) is 68.1 Å². The highest BCUT2D eigenvalue weighted by Crippen LogP contribution is 2.40. The fourth-order valence-corrected chi connectivity index (χ4v) is 3.94. The molecule has 0 atom stereocenters. The van der Waals surface area contributed by atoms with Crippen LogP contribution in [0.25, 0.3) is 5.57 Å². The summed E-state index contributed by atoms with van der Waals surface area (Å²) < 4.78 is 0. The van der Waals surface area contributed by atoms with Gasteiger partial charge in [0.25, 0.3) is 0 Å². The molecule has 0 N–H and O–H groups in total. The monoisotopic (exact) mass is 374 g/mol. The lowest BCUT2D eigenvalue weighted by Gasteiger charge is -2.43. The highest BCUT2D eigenvalue weighted by atomic mass is 16.1. The van der Waals surface area contributed by atoms with Crippen molar-refractivity contribution in [3.05, 3.63) is 64.7 Å². The number of benzene rings is 2. The molecule has 3 rings (SSSR count). The number of aliphatic imine (C=N–C) groups is 1. The number of anilines is 1. The van der Waals surface area contributed by atoms with Crippen LogP contribution in [0.15, 0.2) is 47.5 Å². The fraction of sp³-hybridized carbons (Fsp3) is 0.360. The number of Topliss-reactive ketones (excluding diaryl/α,β-unsaturated/α-hetero) is 1. The van der Waals surface area contributed by atoms with E-state index >= 15 is 0 Å². The molecule has 2 aromatic rings. The molecule has 28 heavy (non-hydrogen) atoms. The van der Waals surface area contributed by atoms with Gasteiger partial charge in [-0.3, -0.25) is 9.79 Å². The Bertz CT molecular complexity index is 949. The summed E-state index contributed by atoms with van der Waals surface area (Å²) in [6, 6.07) is 12.0. The number of carbonyl (C=O) groups excluding carboxylic acids is 1.